The van der Waals surface area contributed by atoms with Gasteiger partial charge in [0.2, 0.25) is 5.95 Å². The SMILES string of the molecule is Fc1ccc(-c2ccc(NC3CCN(c4ncccn4)CC3)cc2)c(F)c1. The second-order valence-electron chi connectivity index (χ2n) is 6.66. The van der Waals surface area contributed by atoms with Gasteiger partial charge < -0.3 is 10.2 Å². The van der Waals surface area contributed by atoms with Gasteiger partial charge in [-0.25, -0.2) is 18.7 Å². The second kappa shape index (κ2) is 7.70. The van der Waals surface area contributed by atoms with Crippen molar-refractivity contribution in [1.82, 2.24) is 9.97 Å². The van der Waals surface area contributed by atoms with Crippen LogP contribution in [0, 0.1) is 11.6 Å². The Morgan fingerprint density at radius 2 is 1.63 bits per heavy atom. The predicted molar refractivity (Wildman–Crippen MR) is 103 cm³/mol. The number of nitrogens with one attached hydrogen (secondary N) is 1. The molecular weight excluding hydrogens is 346 g/mol. The number of rotatable bonds is 4. The topological polar surface area (TPSA) is 41.0 Å². The number of nitrogens with zero attached hydrogens (tertiary/aromatic N) is 3. The number of hydrogen-bond donors (Lipinski definition) is 1. The van der Waals surface area contributed by atoms with Gasteiger partial charge in [-0.15, -0.1) is 0 Å². The van der Waals surface area contributed by atoms with Gasteiger partial charge in [0.25, 0.3) is 0 Å². The molecule has 2 heterocycles. The third-order valence-corrected chi connectivity index (χ3v) is 4.83. The van der Waals surface area contributed by atoms with Crippen LogP contribution >= 0.6 is 0 Å². The first-order chi connectivity index (χ1) is 13.2. The highest BCUT2D eigenvalue weighted by Gasteiger charge is 2.20. The summed E-state index contributed by atoms with van der Waals surface area (Å²) in [5, 5.41) is 3.53. The fraction of sp³-hybridized carbons (Fsp3) is 0.238. The number of anilines is 2. The maximum absolute atomic E-state index is 13.9. The largest absolute Gasteiger partial charge is 0.382 e. The van der Waals surface area contributed by atoms with Gasteiger partial charge in [-0.2, -0.15) is 0 Å². The van der Waals surface area contributed by atoms with Crippen molar-refractivity contribution in [2.75, 3.05) is 23.3 Å². The molecular formula is C21H20F2N4. The average Bonchev–Trinajstić information content (AvgIpc) is 2.70. The van der Waals surface area contributed by atoms with Crippen LogP contribution in [-0.4, -0.2) is 29.1 Å². The fourth-order valence-electron chi connectivity index (χ4n) is 3.38. The Kier molecular flexibility index (Phi) is 4.96. The Hall–Kier alpha value is -3.02. The highest BCUT2D eigenvalue weighted by molar-refractivity contribution is 5.66. The summed E-state index contributed by atoms with van der Waals surface area (Å²) in [6, 6.07) is 13.4. The lowest BCUT2D eigenvalue weighted by Crippen LogP contribution is -2.39. The zero-order valence-electron chi connectivity index (χ0n) is 14.8. The van der Waals surface area contributed by atoms with Gasteiger partial charge in [0.05, 0.1) is 0 Å². The van der Waals surface area contributed by atoms with Crippen LogP contribution < -0.4 is 10.2 Å². The molecule has 1 aromatic heterocycles. The van der Waals surface area contributed by atoms with E-state index in [-0.39, 0.29) is 0 Å². The molecule has 0 saturated carbocycles. The van der Waals surface area contributed by atoms with Crippen LogP contribution in [0.1, 0.15) is 12.8 Å². The highest BCUT2D eigenvalue weighted by Crippen LogP contribution is 2.26. The minimum Gasteiger partial charge on any atom is -0.382 e. The molecule has 3 aromatic rings. The van der Waals surface area contributed by atoms with Crippen LogP contribution in [0.4, 0.5) is 20.4 Å². The molecule has 1 aliphatic heterocycles. The molecule has 0 unspecified atom stereocenters. The zero-order chi connectivity index (χ0) is 18.6. The van der Waals surface area contributed by atoms with Crippen molar-refractivity contribution in [2.24, 2.45) is 0 Å². The lowest BCUT2D eigenvalue weighted by molar-refractivity contribution is 0.520. The lowest BCUT2D eigenvalue weighted by Gasteiger charge is -2.32. The van der Waals surface area contributed by atoms with Gasteiger partial charge in [0, 0.05) is 48.8 Å². The van der Waals surface area contributed by atoms with Crippen molar-refractivity contribution in [3.8, 4) is 11.1 Å². The summed E-state index contributed by atoms with van der Waals surface area (Å²) in [7, 11) is 0. The van der Waals surface area contributed by atoms with Crippen molar-refractivity contribution >= 4 is 11.6 Å². The molecule has 27 heavy (non-hydrogen) atoms. The highest BCUT2D eigenvalue weighted by atomic mass is 19.1. The monoisotopic (exact) mass is 366 g/mol. The Labute approximate surface area is 156 Å². The number of halogens is 2. The van der Waals surface area contributed by atoms with Crippen LogP contribution in [0.2, 0.25) is 0 Å². The van der Waals surface area contributed by atoms with Crippen molar-refractivity contribution in [3.63, 3.8) is 0 Å². The summed E-state index contributed by atoms with van der Waals surface area (Å²) in [5.74, 6) is -0.338. The molecule has 0 spiro atoms. The van der Waals surface area contributed by atoms with Crippen LogP contribution in [-0.2, 0) is 0 Å². The maximum Gasteiger partial charge on any atom is 0.225 e. The van der Waals surface area contributed by atoms with E-state index in [1.54, 1.807) is 12.4 Å². The molecule has 4 rings (SSSR count). The fourth-order valence-corrected chi connectivity index (χ4v) is 3.38. The summed E-state index contributed by atoms with van der Waals surface area (Å²) in [6.07, 6.45) is 5.51. The normalized spacial score (nSPS) is 15.0. The van der Waals surface area contributed by atoms with Gasteiger partial charge >= 0.3 is 0 Å². The molecule has 1 N–H and O–H groups in total. The summed E-state index contributed by atoms with van der Waals surface area (Å²) in [6.45, 7) is 1.81. The van der Waals surface area contributed by atoms with E-state index in [0.29, 0.717) is 11.6 Å². The minimum absolute atomic E-state index is 0.373. The molecule has 4 nitrogen and oxygen atoms in total. The second-order valence-corrected chi connectivity index (χ2v) is 6.66. The molecule has 2 aromatic carbocycles. The van der Waals surface area contributed by atoms with E-state index in [9.17, 15) is 8.78 Å². The molecule has 6 heteroatoms. The van der Waals surface area contributed by atoms with Gasteiger partial charge in [-0.3, -0.25) is 0 Å². The summed E-state index contributed by atoms with van der Waals surface area (Å²) in [4.78, 5) is 10.8. The number of piperidine rings is 1. The number of hydrogen-bond acceptors (Lipinski definition) is 4. The summed E-state index contributed by atoms with van der Waals surface area (Å²) >= 11 is 0. The van der Waals surface area contributed by atoms with Crippen molar-refractivity contribution < 1.29 is 8.78 Å². The maximum atomic E-state index is 13.9. The third kappa shape index (κ3) is 4.05. The van der Waals surface area contributed by atoms with E-state index < -0.39 is 11.6 Å². The molecule has 0 amide bonds. The summed E-state index contributed by atoms with van der Waals surface area (Å²) < 4.78 is 27.0. The minimum atomic E-state index is -0.568. The predicted octanol–water partition coefficient (Wildman–Crippen LogP) is 4.50. The standard InChI is InChI=1S/C21H20F2N4/c22-16-4-7-19(20(23)14-16)15-2-5-17(6-3-15)26-18-8-12-27(13-9-18)21-24-10-1-11-25-21/h1-7,10-11,14,18,26H,8-9,12-13H2. The summed E-state index contributed by atoms with van der Waals surface area (Å²) in [5.41, 5.74) is 2.13. The quantitative estimate of drug-likeness (QED) is 0.738. The third-order valence-electron chi connectivity index (χ3n) is 4.83. The first-order valence-corrected chi connectivity index (χ1v) is 9.03. The zero-order valence-corrected chi connectivity index (χ0v) is 14.8. The average molecular weight is 366 g/mol. The first kappa shape index (κ1) is 17.4. The van der Waals surface area contributed by atoms with E-state index in [0.717, 1.165) is 49.2 Å². The molecule has 0 aliphatic carbocycles. The molecule has 1 aliphatic rings. The number of aromatic nitrogens is 2. The van der Waals surface area contributed by atoms with E-state index >= 15 is 0 Å². The number of benzene rings is 2. The van der Waals surface area contributed by atoms with Crippen LogP contribution in [0.3, 0.4) is 0 Å². The van der Waals surface area contributed by atoms with Crippen LogP contribution in [0.5, 0.6) is 0 Å². The van der Waals surface area contributed by atoms with Gasteiger partial charge in [0.1, 0.15) is 11.6 Å². The first-order valence-electron chi connectivity index (χ1n) is 9.03. The van der Waals surface area contributed by atoms with Crippen molar-refractivity contribution in [3.05, 3.63) is 72.6 Å². The van der Waals surface area contributed by atoms with E-state index in [4.69, 9.17) is 0 Å². The molecule has 0 bridgehead atoms. The van der Waals surface area contributed by atoms with Gasteiger partial charge in [-0.05, 0) is 48.7 Å². The van der Waals surface area contributed by atoms with E-state index in [1.165, 1.54) is 12.1 Å². The smallest absolute Gasteiger partial charge is 0.225 e. The van der Waals surface area contributed by atoms with Crippen LogP contribution in [0.25, 0.3) is 11.1 Å². The van der Waals surface area contributed by atoms with Crippen molar-refractivity contribution in [1.29, 1.82) is 0 Å². The van der Waals surface area contributed by atoms with Gasteiger partial charge in [0.15, 0.2) is 0 Å². The van der Waals surface area contributed by atoms with E-state index in [2.05, 4.69) is 20.2 Å². The van der Waals surface area contributed by atoms with Crippen molar-refractivity contribution in [2.45, 2.75) is 18.9 Å². The van der Waals surface area contributed by atoms with Crippen LogP contribution in [0.15, 0.2) is 60.9 Å². The molecule has 0 atom stereocenters. The molecule has 1 fully saturated rings. The Morgan fingerprint density at radius 1 is 0.926 bits per heavy atom. The van der Waals surface area contributed by atoms with E-state index in [1.807, 2.05) is 30.3 Å². The van der Waals surface area contributed by atoms with Gasteiger partial charge in [-0.1, -0.05) is 12.1 Å². The molecule has 1 saturated heterocycles. The lowest BCUT2D eigenvalue weighted by atomic mass is 10.0. The Morgan fingerprint density at radius 3 is 2.30 bits per heavy atom. The Balaban J connectivity index is 1.37. The molecule has 0 radical (unpaired) electrons. The Bertz CT molecular complexity index is 892. The molecule has 138 valence electrons.